The van der Waals surface area contributed by atoms with Gasteiger partial charge in [0, 0.05) is 5.88 Å². The summed E-state index contributed by atoms with van der Waals surface area (Å²) < 4.78 is 23.8. The topological polar surface area (TPSA) is 57.9 Å². The van der Waals surface area contributed by atoms with Crippen LogP contribution in [0, 0.1) is 18.3 Å². The number of nitriles is 1. The molecule has 0 amide bonds. The van der Waals surface area contributed by atoms with Crippen LogP contribution in [0.2, 0.25) is 0 Å². The molecule has 16 heavy (non-hydrogen) atoms. The summed E-state index contributed by atoms with van der Waals surface area (Å²) in [6.07, 6.45) is 0.392. The van der Waals surface area contributed by atoms with E-state index in [0.29, 0.717) is 12.3 Å². The Morgan fingerprint density at radius 2 is 2.12 bits per heavy atom. The summed E-state index contributed by atoms with van der Waals surface area (Å²) in [4.78, 5) is 0.111. The van der Waals surface area contributed by atoms with Crippen molar-refractivity contribution < 1.29 is 8.42 Å². The van der Waals surface area contributed by atoms with Gasteiger partial charge in [-0.25, -0.2) is 8.42 Å². The van der Waals surface area contributed by atoms with Crippen molar-refractivity contribution in [1.29, 1.82) is 5.26 Å². The second-order valence-corrected chi connectivity index (χ2v) is 5.93. The van der Waals surface area contributed by atoms with Crippen molar-refractivity contribution >= 4 is 21.4 Å². The van der Waals surface area contributed by atoms with Gasteiger partial charge in [-0.15, -0.1) is 11.6 Å². The number of hydrogen-bond acceptors (Lipinski definition) is 3. The highest BCUT2D eigenvalue weighted by Crippen LogP contribution is 2.19. The van der Waals surface area contributed by atoms with Crippen molar-refractivity contribution in [3.63, 3.8) is 0 Å². The molecule has 0 aliphatic rings. The average molecular weight is 258 g/mol. The molecular formula is C11H12ClNO2S. The van der Waals surface area contributed by atoms with Crippen LogP contribution in [-0.4, -0.2) is 20.1 Å². The first kappa shape index (κ1) is 13.0. The van der Waals surface area contributed by atoms with Gasteiger partial charge in [0.15, 0.2) is 9.84 Å². The third-order valence-corrected chi connectivity index (χ3v) is 4.24. The number of benzene rings is 1. The fourth-order valence-corrected chi connectivity index (χ4v) is 3.18. The smallest absolute Gasteiger partial charge is 0.179 e. The predicted molar refractivity (Wildman–Crippen MR) is 63.3 cm³/mol. The van der Waals surface area contributed by atoms with E-state index in [4.69, 9.17) is 16.9 Å². The molecule has 0 N–H and O–H groups in total. The van der Waals surface area contributed by atoms with Crippen molar-refractivity contribution in [3.05, 3.63) is 29.3 Å². The predicted octanol–water partition coefficient (Wildman–Crippen LogP) is 2.27. The lowest BCUT2D eigenvalue weighted by molar-refractivity contribution is 0.594. The first-order valence-corrected chi connectivity index (χ1v) is 6.99. The standard InChI is InChI=1S/C11H12ClNO2S/c1-9-3-4-10(8-13)11(7-9)16(14,15)6-2-5-12/h3-4,7H,2,5-6H2,1H3. The number of sulfone groups is 1. The fraction of sp³-hybridized carbons (Fsp3) is 0.364. The molecule has 0 aromatic heterocycles. The Morgan fingerprint density at radius 3 is 2.69 bits per heavy atom. The molecule has 0 radical (unpaired) electrons. The Bertz CT molecular complexity index is 517. The highest BCUT2D eigenvalue weighted by Gasteiger charge is 2.18. The van der Waals surface area contributed by atoms with E-state index < -0.39 is 9.84 Å². The fourth-order valence-electron chi connectivity index (χ4n) is 1.33. The Kier molecular flexibility index (Phi) is 4.34. The molecule has 0 heterocycles. The zero-order valence-electron chi connectivity index (χ0n) is 8.90. The molecule has 0 aliphatic heterocycles. The second kappa shape index (κ2) is 5.33. The van der Waals surface area contributed by atoms with Crippen molar-refractivity contribution in [2.75, 3.05) is 11.6 Å². The molecule has 0 fully saturated rings. The first-order valence-electron chi connectivity index (χ1n) is 4.81. The molecule has 1 rings (SSSR count). The molecule has 0 aliphatic carbocycles. The van der Waals surface area contributed by atoms with Gasteiger partial charge in [-0.05, 0) is 31.0 Å². The summed E-state index contributed by atoms with van der Waals surface area (Å²) in [6.45, 7) is 1.79. The van der Waals surface area contributed by atoms with E-state index in [2.05, 4.69) is 0 Å². The number of halogens is 1. The quantitative estimate of drug-likeness (QED) is 0.778. The number of alkyl halides is 1. The lowest BCUT2D eigenvalue weighted by Gasteiger charge is -2.06. The van der Waals surface area contributed by atoms with E-state index in [9.17, 15) is 8.42 Å². The molecular weight excluding hydrogens is 246 g/mol. The van der Waals surface area contributed by atoms with Crippen LogP contribution in [0.25, 0.3) is 0 Å². The first-order chi connectivity index (χ1) is 7.51. The average Bonchev–Trinajstić information content (AvgIpc) is 2.26. The molecule has 3 nitrogen and oxygen atoms in total. The Morgan fingerprint density at radius 1 is 1.44 bits per heavy atom. The van der Waals surface area contributed by atoms with Crippen LogP contribution in [-0.2, 0) is 9.84 Å². The van der Waals surface area contributed by atoms with Crippen LogP contribution in [0.4, 0.5) is 0 Å². The zero-order valence-corrected chi connectivity index (χ0v) is 10.5. The Labute approximate surface area is 101 Å². The van der Waals surface area contributed by atoms with Crippen LogP contribution in [0.15, 0.2) is 23.1 Å². The second-order valence-electron chi connectivity index (χ2n) is 3.47. The van der Waals surface area contributed by atoms with E-state index in [0.717, 1.165) is 5.56 Å². The van der Waals surface area contributed by atoms with Gasteiger partial charge in [0.2, 0.25) is 0 Å². The lowest BCUT2D eigenvalue weighted by atomic mass is 10.2. The maximum Gasteiger partial charge on any atom is 0.179 e. The van der Waals surface area contributed by atoms with E-state index in [-0.39, 0.29) is 16.2 Å². The van der Waals surface area contributed by atoms with Gasteiger partial charge in [-0.1, -0.05) is 6.07 Å². The highest BCUT2D eigenvalue weighted by molar-refractivity contribution is 7.91. The Balaban J connectivity index is 3.22. The van der Waals surface area contributed by atoms with E-state index >= 15 is 0 Å². The van der Waals surface area contributed by atoms with E-state index in [1.165, 1.54) is 12.1 Å². The summed E-state index contributed by atoms with van der Waals surface area (Å²) in [5.41, 5.74) is 1.02. The van der Waals surface area contributed by atoms with Crippen molar-refractivity contribution in [2.24, 2.45) is 0 Å². The van der Waals surface area contributed by atoms with Gasteiger partial charge in [0.25, 0.3) is 0 Å². The third kappa shape index (κ3) is 2.97. The van der Waals surface area contributed by atoms with E-state index in [1.54, 1.807) is 13.0 Å². The molecule has 5 heteroatoms. The number of hydrogen-bond donors (Lipinski definition) is 0. The van der Waals surface area contributed by atoms with Crippen LogP contribution >= 0.6 is 11.6 Å². The molecule has 0 bridgehead atoms. The summed E-state index contributed by atoms with van der Waals surface area (Å²) in [7, 11) is -3.39. The minimum Gasteiger partial charge on any atom is -0.224 e. The molecule has 0 atom stereocenters. The highest BCUT2D eigenvalue weighted by atomic mass is 35.5. The van der Waals surface area contributed by atoms with Gasteiger partial charge in [0.05, 0.1) is 16.2 Å². The van der Waals surface area contributed by atoms with Crippen molar-refractivity contribution in [2.45, 2.75) is 18.2 Å². The molecule has 0 unspecified atom stereocenters. The van der Waals surface area contributed by atoms with Crippen molar-refractivity contribution in [3.8, 4) is 6.07 Å². The summed E-state index contributed by atoms with van der Waals surface area (Å²) >= 11 is 5.47. The van der Waals surface area contributed by atoms with Crippen molar-refractivity contribution in [1.82, 2.24) is 0 Å². The minimum atomic E-state index is -3.39. The summed E-state index contributed by atoms with van der Waals surface area (Å²) in [6, 6.07) is 6.68. The molecule has 0 saturated heterocycles. The van der Waals surface area contributed by atoms with Gasteiger partial charge >= 0.3 is 0 Å². The normalized spacial score (nSPS) is 11.1. The van der Waals surface area contributed by atoms with Gasteiger partial charge < -0.3 is 0 Å². The monoisotopic (exact) mass is 257 g/mol. The van der Waals surface area contributed by atoms with E-state index in [1.807, 2.05) is 6.07 Å². The minimum absolute atomic E-state index is 0.0192. The van der Waals surface area contributed by atoms with Crippen LogP contribution < -0.4 is 0 Å². The number of aryl methyl sites for hydroxylation is 1. The number of nitrogens with zero attached hydrogens (tertiary/aromatic N) is 1. The maximum absolute atomic E-state index is 11.9. The van der Waals surface area contributed by atoms with Crippen LogP contribution in [0.1, 0.15) is 17.5 Å². The molecule has 1 aromatic carbocycles. The summed E-state index contributed by atoms with van der Waals surface area (Å²) in [5.74, 6) is 0.279. The van der Waals surface area contributed by atoms with Gasteiger partial charge in [-0.3, -0.25) is 0 Å². The lowest BCUT2D eigenvalue weighted by Crippen LogP contribution is -2.09. The van der Waals surface area contributed by atoms with Crippen LogP contribution in [0.3, 0.4) is 0 Å². The SMILES string of the molecule is Cc1ccc(C#N)c(S(=O)(=O)CCCCl)c1. The third-order valence-electron chi connectivity index (χ3n) is 2.14. The van der Waals surface area contributed by atoms with Gasteiger partial charge in [-0.2, -0.15) is 5.26 Å². The molecule has 86 valence electrons. The van der Waals surface area contributed by atoms with Gasteiger partial charge in [0.1, 0.15) is 6.07 Å². The molecule has 0 saturated carbocycles. The molecule has 1 aromatic rings. The number of rotatable bonds is 4. The summed E-state index contributed by atoms with van der Waals surface area (Å²) in [5, 5.41) is 8.86. The largest absolute Gasteiger partial charge is 0.224 e. The molecule has 0 spiro atoms. The zero-order chi connectivity index (χ0) is 12.2. The Hall–Kier alpha value is -1.05. The maximum atomic E-state index is 11.9. The van der Waals surface area contributed by atoms with Crippen LogP contribution in [0.5, 0.6) is 0 Å².